The zero-order chi connectivity index (χ0) is 13.8. The Balaban J connectivity index is 2.88. The van der Waals surface area contributed by atoms with Gasteiger partial charge in [0.05, 0.1) is 18.6 Å². The number of Topliss-reactive ketones (excluding diaryl/α,β-unsaturated/α-hetero) is 2. The molecule has 0 aliphatic heterocycles. The lowest BCUT2D eigenvalue weighted by Crippen LogP contribution is -2.25. The number of carbonyl (C=O) groups is 2. The second kappa shape index (κ2) is 5.66. The van der Waals surface area contributed by atoms with Crippen molar-refractivity contribution in [3.05, 3.63) is 29.8 Å². The first-order valence-electron chi connectivity index (χ1n) is 5.21. The zero-order valence-corrected chi connectivity index (χ0v) is 9.58. The number of carbonyl (C=O) groups excluding carboxylic acids is 2. The van der Waals surface area contributed by atoms with Crippen molar-refractivity contribution in [3.8, 4) is 5.75 Å². The van der Waals surface area contributed by atoms with E-state index in [1.54, 1.807) is 13.0 Å². The summed E-state index contributed by atoms with van der Waals surface area (Å²) >= 11 is 0. The number of ketones is 2. The molecule has 0 aliphatic rings. The molecule has 1 aromatic carbocycles. The van der Waals surface area contributed by atoms with Gasteiger partial charge in [0.15, 0.2) is 5.78 Å². The third-order valence-corrected chi connectivity index (χ3v) is 2.12. The molecule has 0 radical (unpaired) electrons. The Morgan fingerprint density at radius 2 is 1.83 bits per heavy atom. The van der Waals surface area contributed by atoms with Crippen LogP contribution in [0.4, 0.5) is 13.2 Å². The van der Waals surface area contributed by atoms with Gasteiger partial charge in [-0.05, 0) is 19.1 Å². The second-order valence-corrected chi connectivity index (χ2v) is 3.45. The van der Waals surface area contributed by atoms with Gasteiger partial charge in [-0.1, -0.05) is 12.1 Å². The lowest BCUT2D eigenvalue weighted by Gasteiger charge is -2.09. The average Bonchev–Trinajstić information content (AvgIpc) is 2.28. The molecule has 0 saturated heterocycles. The van der Waals surface area contributed by atoms with Gasteiger partial charge < -0.3 is 4.74 Å². The van der Waals surface area contributed by atoms with Gasteiger partial charge in [-0.2, -0.15) is 13.2 Å². The first kappa shape index (κ1) is 14.2. The fraction of sp³-hybridized carbons (Fsp3) is 0.333. The highest BCUT2D eigenvalue weighted by Gasteiger charge is 2.39. The predicted octanol–water partition coefficient (Wildman–Crippen LogP) is 2.79. The SMILES string of the molecule is CCOc1ccccc1C(=O)CC(=O)C(F)(F)F. The number of rotatable bonds is 5. The number of hydrogen-bond donors (Lipinski definition) is 0. The zero-order valence-electron chi connectivity index (χ0n) is 9.58. The van der Waals surface area contributed by atoms with Crippen LogP contribution in [0.15, 0.2) is 24.3 Å². The van der Waals surface area contributed by atoms with E-state index in [9.17, 15) is 22.8 Å². The van der Waals surface area contributed by atoms with Crippen molar-refractivity contribution in [2.45, 2.75) is 19.5 Å². The van der Waals surface area contributed by atoms with E-state index in [1.807, 2.05) is 0 Å². The number of halogens is 3. The van der Waals surface area contributed by atoms with Crippen LogP contribution in [0.2, 0.25) is 0 Å². The fourth-order valence-corrected chi connectivity index (χ4v) is 1.32. The highest BCUT2D eigenvalue weighted by molar-refractivity contribution is 6.10. The maximum absolute atomic E-state index is 12.0. The molecule has 0 spiro atoms. The number of benzene rings is 1. The van der Waals surface area contributed by atoms with E-state index in [2.05, 4.69) is 0 Å². The average molecular weight is 260 g/mol. The smallest absolute Gasteiger partial charge is 0.450 e. The number of hydrogen-bond acceptors (Lipinski definition) is 3. The molecule has 3 nitrogen and oxygen atoms in total. The van der Waals surface area contributed by atoms with Crippen molar-refractivity contribution >= 4 is 11.6 Å². The van der Waals surface area contributed by atoms with Crippen LogP contribution in [0.3, 0.4) is 0 Å². The van der Waals surface area contributed by atoms with Crippen molar-refractivity contribution in [1.29, 1.82) is 0 Å². The minimum absolute atomic E-state index is 0.0167. The Kier molecular flexibility index (Phi) is 4.47. The van der Waals surface area contributed by atoms with Crippen molar-refractivity contribution < 1.29 is 27.5 Å². The summed E-state index contributed by atoms with van der Waals surface area (Å²) in [7, 11) is 0. The first-order valence-corrected chi connectivity index (χ1v) is 5.21. The van der Waals surface area contributed by atoms with Gasteiger partial charge in [0.2, 0.25) is 5.78 Å². The predicted molar refractivity (Wildman–Crippen MR) is 57.6 cm³/mol. The first-order chi connectivity index (χ1) is 8.36. The molecule has 0 unspecified atom stereocenters. The van der Waals surface area contributed by atoms with Crippen LogP contribution in [0, 0.1) is 0 Å². The van der Waals surface area contributed by atoms with Crippen LogP contribution in [-0.2, 0) is 4.79 Å². The van der Waals surface area contributed by atoms with Crippen molar-refractivity contribution in [1.82, 2.24) is 0 Å². The third kappa shape index (κ3) is 3.58. The highest BCUT2D eigenvalue weighted by Crippen LogP contribution is 2.23. The molecule has 0 N–H and O–H groups in total. The largest absolute Gasteiger partial charge is 0.493 e. The van der Waals surface area contributed by atoms with Crippen LogP contribution in [-0.4, -0.2) is 24.3 Å². The summed E-state index contributed by atoms with van der Waals surface area (Å²) in [5.74, 6) is -2.78. The molecule has 0 fully saturated rings. The van der Waals surface area contributed by atoms with E-state index in [4.69, 9.17) is 4.74 Å². The second-order valence-electron chi connectivity index (χ2n) is 3.45. The minimum Gasteiger partial charge on any atom is -0.493 e. The highest BCUT2D eigenvalue weighted by atomic mass is 19.4. The van der Waals surface area contributed by atoms with Gasteiger partial charge in [-0.15, -0.1) is 0 Å². The quantitative estimate of drug-likeness (QED) is 0.604. The Hall–Kier alpha value is -1.85. The normalized spacial score (nSPS) is 11.1. The maximum atomic E-state index is 12.0. The molecule has 0 heterocycles. The van der Waals surface area contributed by atoms with Gasteiger partial charge in [0, 0.05) is 0 Å². The van der Waals surface area contributed by atoms with Crippen LogP contribution < -0.4 is 4.74 Å². The molecule has 0 saturated carbocycles. The van der Waals surface area contributed by atoms with Crippen molar-refractivity contribution in [2.75, 3.05) is 6.61 Å². The fourth-order valence-electron chi connectivity index (χ4n) is 1.32. The lowest BCUT2D eigenvalue weighted by atomic mass is 10.0. The molecule has 0 aliphatic carbocycles. The molecule has 0 atom stereocenters. The Labute approximate surface area is 102 Å². The van der Waals surface area contributed by atoms with E-state index in [0.29, 0.717) is 0 Å². The van der Waals surface area contributed by atoms with Gasteiger partial charge in [0.1, 0.15) is 5.75 Å². The topological polar surface area (TPSA) is 43.4 Å². The van der Waals surface area contributed by atoms with Crippen LogP contribution in [0.25, 0.3) is 0 Å². The third-order valence-electron chi connectivity index (χ3n) is 2.12. The maximum Gasteiger partial charge on any atom is 0.450 e. The van der Waals surface area contributed by atoms with Crippen molar-refractivity contribution in [2.24, 2.45) is 0 Å². The van der Waals surface area contributed by atoms with Gasteiger partial charge >= 0.3 is 6.18 Å². The van der Waals surface area contributed by atoms with Crippen LogP contribution in [0.5, 0.6) is 5.75 Å². The molecule has 6 heteroatoms. The molecule has 1 aromatic rings. The summed E-state index contributed by atoms with van der Waals surface area (Å²) in [6.07, 6.45) is -6.19. The van der Waals surface area contributed by atoms with Gasteiger partial charge in [-0.25, -0.2) is 0 Å². The van der Waals surface area contributed by atoms with E-state index < -0.39 is 24.2 Å². The summed E-state index contributed by atoms with van der Waals surface area (Å²) in [6.45, 7) is 1.96. The Morgan fingerprint density at radius 3 is 2.39 bits per heavy atom. The van der Waals surface area contributed by atoms with E-state index in [-0.39, 0.29) is 17.9 Å². The number of alkyl halides is 3. The van der Waals surface area contributed by atoms with E-state index in [1.165, 1.54) is 18.2 Å². The summed E-state index contributed by atoms with van der Waals surface area (Å²) in [6, 6.07) is 5.88. The standard InChI is InChI=1S/C12H11F3O3/c1-2-18-10-6-4-3-5-8(10)9(16)7-11(17)12(13,14)15/h3-6H,2,7H2,1H3. The van der Waals surface area contributed by atoms with Gasteiger partial charge in [0.25, 0.3) is 0 Å². The molecule has 18 heavy (non-hydrogen) atoms. The van der Waals surface area contributed by atoms with Gasteiger partial charge in [-0.3, -0.25) is 9.59 Å². The minimum atomic E-state index is -4.99. The molecular weight excluding hydrogens is 249 g/mol. The summed E-state index contributed by atoms with van der Waals surface area (Å²) in [5.41, 5.74) is -0.0167. The molecule has 0 amide bonds. The van der Waals surface area contributed by atoms with Crippen molar-refractivity contribution in [3.63, 3.8) is 0 Å². The summed E-state index contributed by atoms with van der Waals surface area (Å²) in [4.78, 5) is 22.3. The molecule has 1 rings (SSSR count). The molecule has 0 aromatic heterocycles. The summed E-state index contributed by atoms with van der Waals surface area (Å²) in [5, 5.41) is 0. The van der Waals surface area contributed by atoms with E-state index >= 15 is 0 Å². The number of ether oxygens (including phenoxy) is 1. The van der Waals surface area contributed by atoms with E-state index in [0.717, 1.165) is 0 Å². The molecular formula is C12H11F3O3. The van der Waals surface area contributed by atoms with Crippen LogP contribution in [0.1, 0.15) is 23.7 Å². The Bertz CT molecular complexity index is 452. The summed E-state index contributed by atoms with van der Waals surface area (Å²) < 4.78 is 41.2. The lowest BCUT2D eigenvalue weighted by molar-refractivity contribution is -0.170. The molecule has 0 bridgehead atoms. The number of para-hydroxylation sites is 1. The Morgan fingerprint density at radius 1 is 1.22 bits per heavy atom. The van der Waals surface area contributed by atoms with Crippen LogP contribution >= 0.6 is 0 Å². The molecule has 98 valence electrons. The monoisotopic (exact) mass is 260 g/mol.